The van der Waals surface area contributed by atoms with Crippen LogP contribution in [0.5, 0.6) is 0 Å². The molecular weight excluding hydrogens is 1310 g/mol. The Bertz CT molecular complexity index is 3730. The molecular formula is C79H118O3Se4. The van der Waals surface area contributed by atoms with Gasteiger partial charge in [-0.1, -0.05) is 74.4 Å². The van der Waals surface area contributed by atoms with Crippen molar-refractivity contribution in [2.75, 3.05) is 0 Å². The van der Waals surface area contributed by atoms with Gasteiger partial charge < -0.3 is 13.3 Å². The van der Waals surface area contributed by atoms with E-state index in [1.54, 1.807) is 20.0 Å². The van der Waals surface area contributed by atoms with E-state index in [9.17, 15) is 0 Å². The van der Waals surface area contributed by atoms with Gasteiger partial charge in [0, 0.05) is 21.6 Å². The number of rotatable bonds is 0. The maximum Gasteiger partial charge on any atom is 0.134 e. The summed E-state index contributed by atoms with van der Waals surface area (Å²) in [5.74, 6) is 3.94. The second-order valence-electron chi connectivity index (χ2n) is 30.6. The van der Waals surface area contributed by atoms with Crippen LogP contribution in [0.25, 0.3) is 20.6 Å². The van der Waals surface area contributed by atoms with E-state index in [0.717, 1.165) is 76.4 Å². The molecule has 0 saturated carbocycles. The van der Waals surface area contributed by atoms with Crippen LogP contribution in [-0.4, -0.2) is 58.0 Å². The first kappa shape index (κ1) is 61.6. The molecule has 0 bridgehead atoms. The van der Waals surface area contributed by atoms with Gasteiger partial charge >= 0.3 is 331 Å². The number of aryl methyl sites for hydroxylation is 6. The number of hydrogen-bond acceptors (Lipinski definition) is 3. The van der Waals surface area contributed by atoms with E-state index in [0.29, 0.717) is 57.2 Å². The molecule has 0 amide bonds. The zero-order valence-corrected chi connectivity index (χ0v) is 67.2. The van der Waals surface area contributed by atoms with Gasteiger partial charge in [0.05, 0.1) is 10.4 Å². The van der Waals surface area contributed by atoms with Crippen molar-refractivity contribution in [1.29, 1.82) is 0 Å². The molecule has 2 aromatic carbocycles. The van der Waals surface area contributed by atoms with E-state index in [1.807, 2.05) is 48.5 Å². The van der Waals surface area contributed by atoms with Gasteiger partial charge in [-0.05, 0) is 87.9 Å². The normalized spacial score (nSPS) is 13.8. The van der Waals surface area contributed by atoms with Gasteiger partial charge in [0.2, 0.25) is 0 Å². The van der Waals surface area contributed by atoms with Gasteiger partial charge in [-0.25, -0.2) is 0 Å². The Morgan fingerprint density at radius 2 is 0.802 bits per heavy atom. The standard InChI is InChI=1S/C14H18O.C14H18Se.C11H18O.C11H18Se.C10H16O.C10H16Se.C9H14Se/c2*1-9-7-6-8-11-12(9)10(2)13(15-11)14(3,4)5;2*1-7-8(2)10(11(4,5)6)12-9(7)3;2*1-7-6-11-9(8(7)2)10(3,4)5;1-7-5-6-10-8(7)9(2,3)4/h2*6-8H,1-5H3;2*1-6H3;2*6H,1-5H3;5-6H,1-4H3/i2*6D,7D,8D;;;2*6D;5D,6D. The Morgan fingerprint density at radius 3 is 1.12 bits per heavy atom. The monoisotopic (exact) mass is 1440 g/mol. The van der Waals surface area contributed by atoms with E-state index < -0.39 is 0 Å². The topological polar surface area (TPSA) is 39.4 Å². The van der Waals surface area contributed by atoms with Crippen LogP contribution in [-0.2, 0) is 37.9 Å². The fourth-order valence-corrected chi connectivity index (χ4v) is 19.4. The first-order valence-corrected chi connectivity index (χ1v) is 37.2. The van der Waals surface area contributed by atoms with E-state index in [-0.39, 0.29) is 97.8 Å². The molecule has 86 heavy (non-hydrogen) atoms. The minimum Gasteiger partial charge on any atom is -0.468 e. The van der Waals surface area contributed by atoms with Crippen LogP contribution >= 0.6 is 0 Å². The van der Waals surface area contributed by atoms with Crippen molar-refractivity contribution in [2.45, 2.75) is 287 Å². The van der Waals surface area contributed by atoms with Crippen LogP contribution in [0.4, 0.5) is 0 Å². The second kappa shape index (κ2) is 29.8. The van der Waals surface area contributed by atoms with E-state index in [2.05, 4.69) is 201 Å². The third-order valence-corrected chi connectivity index (χ3v) is 28.2. The fraction of sp³-hybridized carbons (Fsp3) is 0.544. The first-order chi connectivity index (χ1) is 43.0. The molecule has 0 saturated heterocycles. The van der Waals surface area contributed by atoms with Gasteiger partial charge in [0.25, 0.3) is 0 Å². The maximum atomic E-state index is 8.08. The van der Waals surface area contributed by atoms with Crippen molar-refractivity contribution in [1.82, 2.24) is 0 Å². The van der Waals surface area contributed by atoms with Crippen LogP contribution in [0.2, 0.25) is 0 Å². The van der Waals surface area contributed by atoms with E-state index >= 15 is 0 Å². The molecule has 0 fully saturated rings. The van der Waals surface area contributed by atoms with Crippen LogP contribution in [0, 0.1) is 104 Å². The molecule has 0 radical (unpaired) electrons. The maximum absolute atomic E-state index is 8.08. The second-order valence-corrected chi connectivity index (χ2v) is 38.7. The molecule has 0 aliphatic carbocycles. The number of furan rings is 3. The smallest absolute Gasteiger partial charge is 0.134 e. The Balaban J connectivity index is 0.000000294. The molecule has 0 N–H and O–H groups in total. The largest absolute Gasteiger partial charge is 0.468 e. The summed E-state index contributed by atoms with van der Waals surface area (Å²) in [4.78, 5) is 1.40. The third kappa shape index (κ3) is 20.4. The summed E-state index contributed by atoms with van der Waals surface area (Å²) in [5.41, 5.74) is 16.5. The van der Waals surface area contributed by atoms with Crippen molar-refractivity contribution in [3.63, 3.8) is 0 Å². The molecule has 476 valence electrons. The SMILES string of the molecule is Cc1[se]c(C(C)(C)C)c(C)c1C.Cc1oc(C(C)(C)C)c(C)c1C.[2H]c1[se]c(C(C)(C)C)c(C)c1C.[2H]c1[se]c(C(C)(C)C)c(C)c1[2H].[2H]c1c([2H])c(C)c2c(C)c(C(C)(C)C)[se]c2c1[2H].[2H]c1c([2H])c(C)c2c(C)c(C(C)(C)C)oc2c1[2H].[2H]c1oc(C(C)(C)C)c(C)c1C. The zero-order valence-electron chi connectivity index (χ0n) is 70.4. The number of fused-ring (bicyclic) bond motifs is 2. The quantitative estimate of drug-likeness (QED) is 0.142. The Morgan fingerprint density at radius 1 is 0.337 bits per heavy atom. The van der Waals surface area contributed by atoms with Gasteiger partial charge in [-0.2, -0.15) is 0 Å². The Kier molecular flexibility index (Phi) is 21.4. The molecule has 7 heterocycles. The summed E-state index contributed by atoms with van der Waals surface area (Å²) >= 11 is 1.17. The molecule has 0 aliphatic heterocycles. The van der Waals surface area contributed by atoms with Gasteiger partial charge in [-0.15, -0.1) is 0 Å². The zero-order chi connectivity index (χ0) is 75.2. The van der Waals surface area contributed by atoms with Crippen molar-refractivity contribution < 1.29 is 27.0 Å². The van der Waals surface area contributed by atoms with E-state index in [1.165, 1.54) is 41.1 Å². The summed E-state index contributed by atoms with van der Waals surface area (Å²) in [6, 6.07) is 1.09. The van der Waals surface area contributed by atoms with Gasteiger partial charge in [-0.3, -0.25) is 0 Å². The van der Waals surface area contributed by atoms with Crippen LogP contribution in [0.1, 0.15) is 277 Å². The molecule has 7 heteroatoms. The minimum absolute atomic E-state index is 0.00808. The van der Waals surface area contributed by atoms with Crippen molar-refractivity contribution in [2.24, 2.45) is 0 Å². The summed E-state index contributed by atoms with van der Waals surface area (Å²) < 4.78 is 103. The van der Waals surface area contributed by atoms with Gasteiger partial charge in [0.1, 0.15) is 30.0 Å². The average molecular weight is 1440 g/mol. The Hall–Kier alpha value is -3.20. The molecule has 9 aromatic rings. The van der Waals surface area contributed by atoms with Crippen molar-refractivity contribution in [3.8, 4) is 0 Å². The Labute approximate surface area is 564 Å². The number of hydrogen-bond donors (Lipinski definition) is 0. The molecule has 3 nitrogen and oxygen atoms in total. The predicted octanol–water partition coefficient (Wildman–Crippen LogP) is 22.8. The minimum atomic E-state index is -0.146. The van der Waals surface area contributed by atoms with Gasteiger partial charge in [0.15, 0.2) is 0 Å². The van der Waals surface area contributed by atoms with Crippen LogP contribution in [0.3, 0.4) is 0 Å². The molecule has 0 atom stereocenters. The first-order valence-electron chi connectivity index (χ1n) is 35.4. The predicted molar refractivity (Wildman–Crippen MR) is 387 cm³/mol. The average Bonchev–Trinajstić information content (AvgIpc) is 1.57. The summed E-state index contributed by atoms with van der Waals surface area (Å²) in [6.07, 6.45) is 0.303. The summed E-state index contributed by atoms with van der Waals surface area (Å²) in [5, 5.41) is 1.90. The van der Waals surface area contributed by atoms with Crippen molar-refractivity contribution in [3.05, 3.63) is 176 Å². The van der Waals surface area contributed by atoms with Crippen LogP contribution in [0.15, 0.2) is 71.6 Å². The number of benzene rings is 2. The molecule has 0 aliphatic rings. The summed E-state index contributed by atoms with van der Waals surface area (Å²) in [7, 11) is 0. The summed E-state index contributed by atoms with van der Waals surface area (Å²) in [6.45, 7) is 76.7. The third-order valence-electron chi connectivity index (χ3n) is 15.2. The molecule has 9 rings (SSSR count). The molecule has 0 spiro atoms. The molecule has 7 aromatic heterocycles. The van der Waals surface area contributed by atoms with E-state index in [4.69, 9.17) is 27.0 Å². The van der Waals surface area contributed by atoms with Crippen LogP contribution < -0.4 is 0 Å². The molecule has 0 unspecified atom stereocenters. The fourth-order valence-electron chi connectivity index (χ4n) is 10.3. The van der Waals surface area contributed by atoms with Crippen molar-refractivity contribution >= 4 is 78.6 Å².